The normalized spacial score (nSPS) is 10.8. The molecule has 0 aliphatic heterocycles. The van der Waals surface area contributed by atoms with Crippen LogP contribution in [0.4, 0.5) is 0 Å². The molecule has 0 aliphatic rings. The van der Waals surface area contributed by atoms with Gasteiger partial charge in [0.25, 0.3) is 0 Å². The van der Waals surface area contributed by atoms with Gasteiger partial charge in [0.1, 0.15) is 0 Å². The van der Waals surface area contributed by atoms with Crippen LogP contribution < -0.4 is 5.73 Å². The third-order valence-corrected chi connectivity index (χ3v) is 2.16. The summed E-state index contributed by atoms with van der Waals surface area (Å²) in [5, 5.41) is 25.0. The number of unbranched alkanes of at least 4 members (excludes halogenated alkanes) is 1. The maximum Gasteiger partial charge on any atom is 0.0856 e. The Kier molecular flexibility index (Phi) is 14.4. The Morgan fingerprint density at radius 3 is 1.80 bits per heavy atom. The predicted octanol–water partition coefficient (Wildman–Crippen LogP) is -1.05. The minimum atomic E-state index is -1.21. The van der Waals surface area contributed by atoms with Gasteiger partial charge in [-0.15, -0.1) is 9.24 Å². The van der Waals surface area contributed by atoms with Gasteiger partial charge >= 0.3 is 0 Å². The third-order valence-electron chi connectivity index (χ3n) is 1.75. The maximum absolute atomic E-state index is 8.34. The lowest BCUT2D eigenvalue weighted by Crippen LogP contribution is -2.50. The summed E-state index contributed by atoms with van der Waals surface area (Å²) in [4.78, 5) is 0. The molecule has 0 spiro atoms. The van der Waals surface area contributed by atoms with Crippen LogP contribution in [-0.2, 0) is 4.74 Å². The van der Waals surface area contributed by atoms with Crippen molar-refractivity contribution in [3.05, 3.63) is 0 Å². The number of nitrogens with two attached hydrogens (primary N) is 1. The lowest BCUT2D eigenvalue weighted by Gasteiger charge is -2.20. The first-order valence-corrected chi connectivity index (χ1v) is 5.72. The molecule has 0 saturated heterocycles. The van der Waals surface area contributed by atoms with E-state index in [-0.39, 0.29) is 0 Å². The van der Waals surface area contributed by atoms with Gasteiger partial charge in [0, 0.05) is 13.7 Å². The second-order valence-electron chi connectivity index (χ2n) is 3.33. The average Bonchev–Trinajstić information content (AvgIpc) is 2.30. The summed E-state index contributed by atoms with van der Waals surface area (Å²) in [5.74, 6) is 0. The third kappa shape index (κ3) is 12.2. The molecule has 0 aliphatic carbocycles. The summed E-state index contributed by atoms with van der Waals surface area (Å²) < 4.78 is 4.83. The minimum Gasteiger partial charge on any atom is -0.394 e. The number of rotatable bonds is 7. The zero-order chi connectivity index (χ0) is 12.2. The van der Waals surface area contributed by atoms with Gasteiger partial charge in [0.15, 0.2) is 0 Å². The van der Waals surface area contributed by atoms with E-state index < -0.39 is 25.4 Å². The van der Waals surface area contributed by atoms with Gasteiger partial charge in [-0.3, -0.25) is 0 Å². The molecular weight excluding hydrogens is 217 g/mol. The molecule has 0 heterocycles. The second-order valence-corrected chi connectivity index (χ2v) is 3.90. The van der Waals surface area contributed by atoms with E-state index in [2.05, 4.69) is 9.24 Å². The van der Waals surface area contributed by atoms with E-state index in [0.29, 0.717) is 0 Å². The highest BCUT2D eigenvalue weighted by Gasteiger charge is 2.20. The fourth-order valence-corrected chi connectivity index (χ4v) is 0.829. The molecule has 1 unspecified atom stereocenters. The van der Waals surface area contributed by atoms with Gasteiger partial charge in [-0.2, -0.15) is 0 Å². The monoisotopic (exact) mass is 241 g/mol. The molecule has 0 aromatic carbocycles. The number of hydrogen-bond donors (Lipinski definition) is 4. The van der Waals surface area contributed by atoms with Gasteiger partial charge in [0.2, 0.25) is 0 Å². The summed E-state index contributed by atoms with van der Waals surface area (Å²) in [7, 11) is 4.43. The number of ether oxygens (including phenoxy) is 1. The van der Waals surface area contributed by atoms with E-state index in [1.165, 1.54) is 19.0 Å². The van der Waals surface area contributed by atoms with Crippen molar-refractivity contribution < 1.29 is 20.1 Å². The van der Waals surface area contributed by atoms with Crippen LogP contribution in [0.15, 0.2) is 0 Å². The van der Waals surface area contributed by atoms with Crippen molar-refractivity contribution in [1.29, 1.82) is 0 Å². The smallest absolute Gasteiger partial charge is 0.0856 e. The Morgan fingerprint density at radius 1 is 1.13 bits per heavy atom. The highest BCUT2D eigenvalue weighted by molar-refractivity contribution is 7.16. The first kappa shape index (κ1) is 17.6. The quantitative estimate of drug-likeness (QED) is 0.337. The fourth-order valence-electron chi connectivity index (χ4n) is 0.541. The number of methoxy groups -OCH3 is 1. The largest absolute Gasteiger partial charge is 0.394 e. The fraction of sp³-hybridized carbons (Fsp3) is 1.00. The molecule has 0 radical (unpaired) electrons. The van der Waals surface area contributed by atoms with E-state index in [1.807, 2.05) is 0 Å². The molecule has 0 aromatic rings. The lowest BCUT2D eigenvalue weighted by molar-refractivity contribution is 0.0698. The molecule has 94 valence electrons. The lowest BCUT2D eigenvalue weighted by atomic mass is 10.1. The summed E-state index contributed by atoms with van der Waals surface area (Å²) in [6, 6.07) is 0. The van der Waals surface area contributed by atoms with Crippen molar-refractivity contribution in [3.63, 3.8) is 0 Å². The first-order valence-electron chi connectivity index (χ1n) is 4.90. The topological polar surface area (TPSA) is 95.9 Å². The summed E-state index contributed by atoms with van der Waals surface area (Å²) in [6.45, 7) is -0.297. The van der Waals surface area contributed by atoms with E-state index in [0.717, 1.165) is 6.61 Å². The molecule has 0 bridgehead atoms. The van der Waals surface area contributed by atoms with Crippen LogP contribution >= 0.6 is 9.24 Å². The van der Waals surface area contributed by atoms with E-state index >= 15 is 0 Å². The van der Waals surface area contributed by atoms with Crippen molar-refractivity contribution in [2.24, 2.45) is 5.73 Å². The number of aliphatic hydroxyl groups excluding tert-OH is 3. The molecule has 0 saturated carbocycles. The van der Waals surface area contributed by atoms with Gasteiger partial charge in [-0.1, -0.05) is 0 Å². The molecule has 0 aromatic heterocycles. The van der Waals surface area contributed by atoms with Gasteiger partial charge in [0.05, 0.1) is 25.4 Å². The average molecular weight is 241 g/mol. The van der Waals surface area contributed by atoms with Crippen molar-refractivity contribution >= 4 is 9.24 Å². The summed E-state index contributed by atoms with van der Waals surface area (Å²) in [6.07, 6.45) is 3.65. The zero-order valence-corrected chi connectivity index (χ0v) is 10.5. The predicted molar refractivity (Wildman–Crippen MR) is 63.9 cm³/mol. The van der Waals surface area contributed by atoms with Gasteiger partial charge in [-0.25, -0.2) is 0 Å². The molecule has 5 nitrogen and oxygen atoms in total. The molecule has 0 amide bonds. The van der Waals surface area contributed by atoms with Crippen molar-refractivity contribution in [2.75, 3.05) is 39.7 Å². The van der Waals surface area contributed by atoms with E-state index in [4.69, 9.17) is 25.8 Å². The van der Waals surface area contributed by atoms with Crippen molar-refractivity contribution in [2.45, 2.75) is 18.4 Å². The van der Waals surface area contributed by atoms with Crippen LogP contribution in [0.5, 0.6) is 0 Å². The summed E-state index contributed by atoms with van der Waals surface area (Å²) in [5.41, 5.74) is 3.94. The molecule has 0 fully saturated rings. The van der Waals surface area contributed by atoms with Gasteiger partial charge < -0.3 is 25.8 Å². The summed E-state index contributed by atoms with van der Waals surface area (Å²) >= 11 is 0. The van der Waals surface area contributed by atoms with E-state index in [1.54, 1.807) is 7.11 Å². The molecule has 6 heteroatoms. The molecular formula is C9H24NO4P. The number of hydrogen-bond acceptors (Lipinski definition) is 5. The Morgan fingerprint density at radius 2 is 1.60 bits per heavy atom. The molecule has 0 rings (SSSR count). The Bertz CT molecular complexity index is 110. The molecule has 15 heavy (non-hydrogen) atoms. The Balaban J connectivity index is 0. The van der Waals surface area contributed by atoms with Crippen molar-refractivity contribution in [1.82, 2.24) is 0 Å². The maximum atomic E-state index is 8.34. The SMILES string of the molecule is COCCCCP.NC(CO)(CO)CO. The zero-order valence-electron chi connectivity index (χ0n) is 9.35. The highest BCUT2D eigenvalue weighted by Crippen LogP contribution is 1.93. The minimum absolute atomic E-state index is 0.403. The highest BCUT2D eigenvalue weighted by atomic mass is 31.0. The molecule has 1 atom stereocenters. The van der Waals surface area contributed by atoms with Crippen molar-refractivity contribution in [3.8, 4) is 0 Å². The Hall–Kier alpha value is 0.230. The molecule has 5 N–H and O–H groups in total. The number of aliphatic hydroxyl groups is 3. The second kappa shape index (κ2) is 12.3. The van der Waals surface area contributed by atoms with Gasteiger partial charge in [-0.05, 0) is 19.0 Å². The van der Waals surface area contributed by atoms with E-state index in [9.17, 15) is 0 Å². The Labute approximate surface area is 93.8 Å². The van der Waals surface area contributed by atoms with Crippen LogP contribution in [0.25, 0.3) is 0 Å². The van der Waals surface area contributed by atoms with Crippen LogP contribution in [0.3, 0.4) is 0 Å². The van der Waals surface area contributed by atoms with Crippen LogP contribution in [0.1, 0.15) is 12.8 Å². The van der Waals surface area contributed by atoms with Crippen LogP contribution in [-0.4, -0.2) is 60.6 Å². The standard InChI is InChI=1S/C5H13OP.C4H11NO3/c1-6-4-2-3-5-7;5-4(1-6,2-7)3-8/h2-5,7H2,1H3;6-8H,1-3,5H2. The van der Waals surface area contributed by atoms with Crippen LogP contribution in [0.2, 0.25) is 0 Å². The first-order chi connectivity index (χ1) is 7.10. The van der Waals surface area contributed by atoms with Crippen LogP contribution in [0, 0.1) is 0 Å².